The van der Waals surface area contributed by atoms with Crippen molar-refractivity contribution in [1.29, 1.82) is 0 Å². The summed E-state index contributed by atoms with van der Waals surface area (Å²) < 4.78 is 0. The predicted octanol–water partition coefficient (Wildman–Crippen LogP) is 4.38. The van der Waals surface area contributed by atoms with Crippen molar-refractivity contribution in [2.45, 2.75) is 40.2 Å². The number of carbonyl (C=O) groups excluding carboxylic acids is 1. The number of pyridine rings is 1. The zero-order chi connectivity index (χ0) is 16.7. The Morgan fingerprint density at radius 2 is 1.87 bits per heavy atom. The molecule has 2 N–H and O–H groups in total. The predicted molar refractivity (Wildman–Crippen MR) is 95.4 cm³/mol. The van der Waals surface area contributed by atoms with Gasteiger partial charge in [0, 0.05) is 12.5 Å². The van der Waals surface area contributed by atoms with E-state index in [1.165, 1.54) is 11.1 Å². The van der Waals surface area contributed by atoms with Crippen molar-refractivity contribution >= 4 is 17.4 Å². The molecule has 0 aliphatic carbocycles. The van der Waals surface area contributed by atoms with E-state index < -0.39 is 0 Å². The Balaban J connectivity index is 1.92. The van der Waals surface area contributed by atoms with Crippen LogP contribution in [-0.2, 0) is 11.3 Å². The molecule has 2 aromatic rings. The van der Waals surface area contributed by atoms with Gasteiger partial charge in [0.15, 0.2) is 0 Å². The molecule has 0 aliphatic rings. The number of amides is 1. The zero-order valence-electron chi connectivity index (χ0n) is 14.1. The lowest BCUT2D eigenvalue weighted by atomic mass is 10.0. The van der Waals surface area contributed by atoms with Crippen molar-refractivity contribution in [2.24, 2.45) is 5.92 Å². The molecule has 23 heavy (non-hydrogen) atoms. The molecule has 0 fully saturated rings. The van der Waals surface area contributed by atoms with E-state index in [0.29, 0.717) is 0 Å². The Labute approximate surface area is 138 Å². The molecule has 1 aromatic heterocycles. The summed E-state index contributed by atoms with van der Waals surface area (Å²) in [6, 6.07) is 12.0. The van der Waals surface area contributed by atoms with Gasteiger partial charge in [0.2, 0.25) is 5.91 Å². The number of aryl methyl sites for hydroxylation is 1. The fourth-order valence-electron chi connectivity index (χ4n) is 2.47. The second kappa shape index (κ2) is 8.32. The van der Waals surface area contributed by atoms with Crippen molar-refractivity contribution in [1.82, 2.24) is 4.98 Å². The van der Waals surface area contributed by atoms with Gasteiger partial charge in [0.05, 0.1) is 11.9 Å². The summed E-state index contributed by atoms with van der Waals surface area (Å²) in [7, 11) is 0. The van der Waals surface area contributed by atoms with Crippen molar-refractivity contribution in [3.8, 4) is 0 Å². The molecule has 0 saturated heterocycles. The average Bonchev–Trinajstić information content (AvgIpc) is 2.56. The molecule has 1 heterocycles. The topological polar surface area (TPSA) is 54.0 Å². The molecule has 0 unspecified atom stereocenters. The highest BCUT2D eigenvalue weighted by Crippen LogP contribution is 2.15. The minimum absolute atomic E-state index is 0.0638. The Morgan fingerprint density at radius 3 is 2.48 bits per heavy atom. The summed E-state index contributed by atoms with van der Waals surface area (Å²) in [6.45, 7) is 6.90. The summed E-state index contributed by atoms with van der Waals surface area (Å²) >= 11 is 0. The van der Waals surface area contributed by atoms with Crippen LogP contribution in [0, 0.1) is 12.8 Å². The fourth-order valence-corrected chi connectivity index (χ4v) is 2.47. The summed E-state index contributed by atoms with van der Waals surface area (Å²) in [5.74, 6) is 0.931. The number of hydrogen-bond donors (Lipinski definition) is 2. The highest BCUT2D eigenvalue weighted by molar-refractivity contribution is 5.92. The van der Waals surface area contributed by atoms with Crippen molar-refractivity contribution in [3.63, 3.8) is 0 Å². The SMILES string of the molecule is CCC(CC)C(=O)Nc1ccc(NCc2ccccc2C)nc1. The lowest BCUT2D eigenvalue weighted by Gasteiger charge is -2.13. The highest BCUT2D eigenvalue weighted by atomic mass is 16.1. The molecule has 0 bridgehead atoms. The van der Waals surface area contributed by atoms with E-state index in [0.717, 1.165) is 30.9 Å². The molecule has 0 aliphatic heterocycles. The first-order valence-electron chi connectivity index (χ1n) is 8.19. The number of anilines is 2. The fraction of sp³-hybridized carbons (Fsp3) is 0.368. The van der Waals surface area contributed by atoms with Crippen LogP contribution in [-0.4, -0.2) is 10.9 Å². The standard InChI is InChI=1S/C19H25N3O/c1-4-15(5-2)19(23)22-17-10-11-18(21-13-17)20-12-16-9-7-6-8-14(16)3/h6-11,13,15H,4-5,12H2,1-3H3,(H,20,21)(H,22,23). The molecule has 1 amide bonds. The molecular formula is C19H25N3O. The van der Waals surface area contributed by atoms with E-state index in [9.17, 15) is 4.79 Å². The van der Waals surface area contributed by atoms with E-state index in [2.05, 4.69) is 34.7 Å². The Morgan fingerprint density at radius 1 is 1.13 bits per heavy atom. The van der Waals surface area contributed by atoms with Crippen LogP contribution in [0.5, 0.6) is 0 Å². The number of nitrogens with one attached hydrogen (secondary N) is 2. The van der Waals surface area contributed by atoms with Crippen LogP contribution in [0.25, 0.3) is 0 Å². The molecule has 0 radical (unpaired) electrons. The van der Waals surface area contributed by atoms with Crippen molar-refractivity contribution in [2.75, 3.05) is 10.6 Å². The lowest BCUT2D eigenvalue weighted by Crippen LogP contribution is -2.21. The van der Waals surface area contributed by atoms with Crippen LogP contribution in [0.2, 0.25) is 0 Å². The second-order valence-corrected chi connectivity index (χ2v) is 5.71. The summed E-state index contributed by atoms with van der Waals surface area (Å²) in [6.07, 6.45) is 3.40. The lowest BCUT2D eigenvalue weighted by molar-refractivity contribution is -0.120. The molecule has 4 nitrogen and oxygen atoms in total. The minimum Gasteiger partial charge on any atom is -0.366 e. The van der Waals surface area contributed by atoms with E-state index >= 15 is 0 Å². The van der Waals surface area contributed by atoms with Gasteiger partial charge in [-0.25, -0.2) is 4.98 Å². The molecule has 2 rings (SSSR count). The average molecular weight is 311 g/mol. The van der Waals surface area contributed by atoms with E-state index in [1.54, 1.807) is 6.20 Å². The van der Waals surface area contributed by atoms with E-state index in [4.69, 9.17) is 0 Å². The van der Waals surface area contributed by atoms with Gasteiger partial charge in [0.25, 0.3) is 0 Å². The van der Waals surface area contributed by atoms with Crippen LogP contribution in [0.3, 0.4) is 0 Å². The maximum Gasteiger partial charge on any atom is 0.227 e. The van der Waals surface area contributed by atoms with Crippen LogP contribution in [0.15, 0.2) is 42.6 Å². The van der Waals surface area contributed by atoms with Gasteiger partial charge >= 0.3 is 0 Å². The molecule has 4 heteroatoms. The van der Waals surface area contributed by atoms with Gasteiger partial charge < -0.3 is 10.6 Å². The number of hydrogen-bond acceptors (Lipinski definition) is 3. The Kier molecular flexibility index (Phi) is 6.15. The Hall–Kier alpha value is -2.36. The third kappa shape index (κ3) is 4.81. The smallest absolute Gasteiger partial charge is 0.227 e. The first-order valence-corrected chi connectivity index (χ1v) is 8.19. The van der Waals surface area contributed by atoms with Crippen molar-refractivity contribution < 1.29 is 4.79 Å². The molecule has 0 saturated carbocycles. The first kappa shape index (κ1) is 17.0. The number of benzene rings is 1. The molecule has 0 spiro atoms. The van der Waals surface area contributed by atoms with E-state index in [-0.39, 0.29) is 11.8 Å². The highest BCUT2D eigenvalue weighted by Gasteiger charge is 2.14. The van der Waals surface area contributed by atoms with Gasteiger partial charge in [-0.3, -0.25) is 4.79 Å². The van der Waals surface area contributed by atoms with E-state index in [1.807, 2.05) is 38.1 Å². The molecule has 1 aromatic carbocycles. The largest absolute Gasteiger partial charge is 0.366 e. The zero-order valence-corrected chi connectivity index (χ0v) is 14.1. The summed E-state index contributed by atoms with van der Waals surface area (Å²) in [5.41, 5.74) is 3.25. The summed E-state index contributed by atoms with van der Waals surface area (Å²) in [5, 5.41) is 6.23. The van der Waals surface area contributed by atoms with Crippen LogP contribution in [0.1, 0.15) is 37.8 Å². The maximum absolute atomic E-state index is 12.1. The number of aromatic nitrogens is 1. The van der Waals surface area contributed by atoms with Crippen LogP contribution >= 0.6 is 0 Å². The first-order chi connectivity index (χ1) is 11.1. The minimum atomic E-state index is 0.0638. The van der Waals surface area contributed by atoms with Gasteiger partial charge in [-0.15, -0.1) is 0 Å². The van der Waals surface area contributed by atoms with Crippen LogP contribution in [0.4, 0.5) is 11.5 Å². The van der Waals surface area contributed by atoms with Gasteiger partial charge in [-0.2, -0.15) is 0 Å². The van der Waals surface area contributed by atoms with Gasteiger partial charge in [-0.1, -0.05) is 38.1 Å². The maximum atomic E-state index is 12.1. The van der Waals surface area contributed by atoms with Crippen LogP contribution < -0.4 is 10.6 Å². The normalized spacial score (nSPS) is 10.6. The molecule has 122 valence electrons. The van der Waals surface area contributed by atoms with Crippen molar-refractivity contribution in [3.05, 3.63) is 53.7 Å². The Bertz CT molecular complexity index is 633. The number of carbonyl (C=O) groups is 1. The molecule has 0 atom stereocenters. The third-order valence-electron chi connectivity index (χ3n) is 4.11. The van der Waals surface area contributed by atoms with Gasteiger partial charge in [0.1, 0.15) is 5.82 Å². The number of rotatable bonds is 7. The third-order valence-corrected chi connectivity index (χ3v) is 4.11. The second-order valence-electron chi connectivity index (χ2n) is 5.71. The number of nitrogens with zero attached hydrogens (tertiary/aromatic N) is 1. The van der Waals surface area contributed by atoms with Gasteiger partial charge in [-0.05, 0) is 43.0 Å². The summed E-state index contributed by atoms with van der Waals surface area (Å²) in [4.78, 5) is 16.4. The monoisotopic (exact) mass is 311 g/mol. The molecular weight excluding hydrogens is 286 g/mol. The quantitative estimate of drug-likeness (QED) is 0.798.